The van der Waals surface area contributed by atoms with Crippen LogP contribution in [0.15, 0.2) is 65.2 Å². The summed E-state index contributed by atoms with van der Waals surface area (Å²) in [6, 6.07) is 19.5. The van der Waals surface area contributed by atoms with Gasteiger partial charge in [-0.25, -0.2) is 23.7 Å². The molecule has 15 heteroatoms. The fraction of sp³-hybridized carbons (Fsp3) is 0.356. The molecule has 1 amide bonds. The molecule has 0 saturated carbocycles. The predicted molar refractivity (Wildman–Crippen MR) is 222 cm³/mol. The first-order chi connectivity index (χ1) is 29.0. The molecule has 3 aromatic carbocycles. The maximum absolute atomic E-state index is 14.1. The van der Waals surface area contributed by atoms with Crippen LogP contribution in [-0.4, -0.2) is 79.4 Å². The summed E-state index contributed by atoms with van der Waals surface area (Å²) in [4.78, 5) is 45.8. The second-order valence-electron chi connectivity index (χ2n) is 15.6. The standard InChI is InChI=1S/C45H45F2N9O4/c1-26-32(33-8-6-10-35(27(33)2)51-42-39-36(52-43(54-42)41(46)47)21-29(23-50-39)25-55-15-3-4-16-55)7-5-9-34(26)45-53-37-20-28(19-31(22-48)40(37)60-45)24-56-17-12-30(13-18-56)44(59)49-14-11-38(57)58/h5-10,19-21,23,30,41H,3-4,11-18,24-25H2,1-2H3,(H,49,59)(H,57,58)(H,51,52,54). The van der Waals surface area contributed by atoms with E-state index in [0.29, 0.717) is 78.3 Å². The number of aliphatic carboxylic acids is 1. The van der Waals surface area contributed by atoms with E-state index in [2.05, 4.69) is 41.5 Å². The number of halogens is 2. The van der Waals surface area contributed by atoms with Crippen molar-refractivity contribution in [2.24, 2.45) is 5.92 Å². The Hall–Kier alpha value is -6.37. The number of anilines is 2. The van der Waals surface area contributed by atoms with Crippen molar-refractivity contribution in [1.82, 2.24) is 35.1 Å². The maximum atomic E-state index is 14.1. The molecule has 8 rings (SSSR count). The number of pyridine rings is 1. The Balaban J connectivity index is 1.03. The summed E-state index contributed by atoms with van der Waals surface area (Å²) < 4.78 is 34.5. The zero-order valence-electron chi connectivity index (χ0n) is 33.5. The summed E-state index contributed by atoms with van der Waals surface area (Å²) in [6.07, 6.45) is 2.40. The highest BCUT2D eigenvalue weighted by Crippen LogP contribution is 2.38. The number of likely N-dealkylation sites (tertiary alicyclic amines) is 2. The molecule has 2 aliphatic heterocycles. The SMILES string of the molecule is Cc1c(Nc2nc(C(F)F)nc3cc(CN4CCCC4)cnc23)cccc1-c1cccc(-c2nc3cc(CN4CCC(C(=O)NCCC(=O)O)CC4)cc(C#N)c3o2)c1C. The molecule has 3 aromatic heterocycles. The minimum Gasteiger partial charge on any atom is -0.481 e. The highest BCUT2D eigenvalue weighted by molar-refractivity contribution is 5.90. The van der Waals surface area contributed by atoms with Crippen LogP contribution in [0.4, 0.5) is 20.3 Å². The van der Waals surface area contributed by atoms with Gasteiger partial charge < -0.3 is 20.2 Å². The first kappa shape index (κ1) is 40.4. The number of nitrogens with zero attached hydrogens (tertiary/aromatic N) is 7. The number of amides is 1. The van der Waals surface area contributed by atoms with E-state index in [9.17, 15) is 23.6 Å². The number of benzene rings is 3. The third-order valence-electron chi connectivity index (χ3n) is 11.5. The molecule has 3 N–H and O–H groups in total. The fourth-order valence-electron chi connectivity index (χ4n) is 8.33. The van der Waals surface area contributed by atoms with E-state index in [-0.39, 0.29) is 30.6 Å². The number of nitrogens with one attached hydrogen (secondary N) is 2. The number of hydrogen-bond acceptors (Lipinski definition) is 11. The molecule has 0 spiro atoms. The van der Waals surface area contributed by atoms with Gasteiger partial charge in [-0.15, -0.1) is 0 Å². The number of hydrogen-bond donors (Lipinski definition) is 3. The number of carbonyl (C=O) groups is 2. The van der Waals surface area contributed by atoms with Crippen molar-refractivity contribution in [2.45, 2.75) is 65.5 Å². The largest absolute Gasteiger partial charge is 0.481 e. The van der Waals surface area contributed by atoms with Crippen molar-refractivity contribution >= 4 is 45.5 Å². The van der Waals surface area contributed by atoms with E-state index in [1.54, 1.807) is 6.20 Å². The number of carboxylic acid groups (broad SMARTS) is 1. The summed E-state index contributed by atoms with van der Waals surface area (Å²) in [5.41, 5.74) is 8.96. The van der Waals surface area contributed by atoms with Gasteiger partial charge in [0.1, 0.15) is 17.1 Å². The van der Waals surface area contributed by atoms with E-state index in [4.69, 9.17) is 14.5 Å². The zero-order valence-corrected chi connectivity index (χ0v) is 33.5. The summed E-state index contributed by atoms with van der Waals surface area (Å²) in [7, 11) is 0. The van der Waals surface area contributed by atoms with Crippen LogP contribution in [0.3, 0.4) is 0 Å². The molecule has 5 heterocycles. The normalized spacial score (nSPS) is 15.2. The zero-order chi connectivity index (χ0) is 41.9. The number of alkyl halides is 2. The van der Waals surface area contributed by atoms with E-state index in [0.717, 1.165) is 64.9 Å². The molecule has 0 radical (unpaired) electrons. The van der Waals surface area contributed by atoms with E-state index >= 15 is 0 Å². The van der Waals surface area contributed by atoms with Crippen molar-refractivity contribution in [2.75, 3.05) is 38.0 Å². The minimum atomic E-state index is -2.86. The smallest absolute Gasteiger partial charge is 0.305 e. The van der Waals surface area contributed by atoms with Gasteiger partial charge in [0, 0.05) is 43.0 Å². The van der Waals surface area contributed by atoms with E-state index < -0.39 is 18.2 Å². The maximum Gasteiger partial charge on any atom is 0.305 e. The second-order valence-corrected chi connectivity index (χ2v) is 15.6. The van der Waals surface area contributed by atoms with Gasteiger partial charge >= 0.3 is 5.97 Å². The van der Waals surface area contributed by atoms with Crippen LogP contribution in [0.2, 0.25) is 0 Å². The van der Waals surface area contributed by atoms with Crippen LogP contribution in [-0.2, 0) is 22.7 Å². The average Bonchev–Trinajstić information content (AvgIpc) is 3.92. The number of oxazole rings is 1. The fourth-order valence-corrected chi connectivity index (χ4v) is 8.33. The topological polar surface area (TPSA) is 173 Å². The number of carbonyl (C=O) groups excluding carboxylic acids is 1. The van der Waals surface area contributed by atoms with Crippen molar-refractivity contribution in [3.05, 3.63) is 94.4 Å². The first-order valence-electron chi connectivity index (χ1n) is 20.2. The van der Waals surface area contributed by atoms with Gasteiger partial charge in [0.05, 0.1) is 17.5 Å². The second kappa shape index (κ2) is 17.5. The van der Waals surface area contributed by atoms with Gasteiger partial charge in [0.25, 0.3) is 6.43 Å². The van der Waals surface area contributed by atoms with Crippen LogP contribution in [0.25, 0.3) is 44.7 Å². The van der Waals surface area contributed by atoms with Crippen molar-refractivity contribution in [1.29, 1.82) is 5.26 Å². The number of aromatic nitrogens is 4. The third kappa shape index (κ3) is 8.66. The molecule has 308 valence electrons. The van der Waals surface area contributed by atoms with E-state index in [1.807, 2.05) is 68.4 Å². The Morgan fingerprint density at radius 2 is 1.58 bits per heavy atom. The quantitative estimate of drug-likeness (QED) is 0.103. The Bertz CT molecular complexity index is 2630. The van der Waals surface area contributed by atoms with Gasteiger partial charge in [0.15, 0.2) is 17.2 Å². The summed E-state index contributed by atoms with van der Waals surface area (Å²) in [6.45, 7) is 8.70. The molecule has 13 nitrogen and oxygen atoms in total. The molecular weight excluding hydrogens is 769 g/mol. The van der Waals surface area contributed by atoms with Crippen molar-refractivity contribution in [3.8, 4) is 28.7 Å². The van der Waals surface area contributed by atoms with Crippen LogP contribution in [0.5, 0.6) is 0 Å². The Kier molecular flexibility index (Phi) is 11.8. The molecule has 0 aliphatic carbocycles. The highest BCUT2D eigenvalue weighted by Gasteiger charge is 2.26. The molecule has 0 unspecified atom stereocenters. The molecule has 60 heavy (non-hydrogen) atoms. The van der Waals surface area contributed by atoms with Gasteiger partial charge in [-0.05, 0) is 129 Å². The lowest BCUT2D eigenvalue weighted by Crippen LogP contribution is -2.40. The van der Waals surface area contributed by atoms with Crippen LogP contribution >= 0.6 is 0 Å². The molecule has 2 aliphatic rings. The number of rotatable bonds is 13. The first-order valence-corrected chi connectivity index (χ1v) is 20.2. The molecule has 2 fully saturated rings. The van der Waals surface area contributed by atoms with Crippen LogP contribution in [0.1, 0.15) is 72.2 Å². The number of fused-ring (bicyclic) bond motifs is 2. The van der Waals surface area contributed by atoms with Crippen molar-refractivity contribution in [3.63, 3.8) is 0 Å². The third-order valence-corrected chi connectivity index (χ3v) is 11.5. The highest BCUT2D eigenvalue weighted by atomic mass is 19.3. The molecule has 6 aromatic rings. The molecule has 2 saturated heterocycles. The molecule has 0 atom stereocenters. The Labute approximate surface area is 345 Å². The Morgan fingerprint density at radius 3 is 2.32 bits per heavy atom. The summed E-state index contributed by atoms with van der Waals surface area (Å²) in [5, 5.41) is 25.0. The summed E-state index contributed by atoms with van der Waals surface area (Å²) in [5.74, 6) is -1.21. The van der Waals surface area contributed by atoms with Crippen LogP contribution in [0, 0.1) is 31.1 Å². The van der Waals surface area contributed by atoms with Gasteiger partial charge in [0.2, 0.25) is 11.8 Å². The number of nitriles is 1. The monoisotopic (exact) mass is 813 g/mol. The molecular formula is C45H45F2N9O4. The van der Waals surface area contributed by atoms with E-state index in [1.165, 1.54) is 0 Å². The molecule has 0 bridgehead atoms. The number of carboxylic acids is 1. The Morgan fingerprint density at radius 1 is 0.900 bits per heavy atom. The lowest BCUT2D eigenvalue weighted by atomic mass is 9.93. The number of piperidine rings is 1. The van der Waals surface area contributed by atoms with Gasteiger partial charge in [-0.2, -0.15) is 5.26 Å². The van der Waals surface area contributed by atoms with Gasteiger partial charge in [-0.3, -0.25) is 24.4 Å². The van der Waals surface area contributed by atoms with Crippen molar-refractivity contribution < 1.29 is 27.9 Å². The lowest BCUT2D eigenvalue weighted by molar-refractivity contribution is -0.137. The average molecular weight is 814 g/mol. The van der Waals surface area contributed by atoms with Crippen LogP contribution < -0.4 is 10.6 Å². The van der Waals surface area contributed by atoms with Gasteiger partial charge in [-0.1, -0.05) is 24.3 Å². The predicted octanol–water partition coefficient (Wildman–Crippen LogP) is 8.07. The summed E-state index contributed by atoms with van der Waals surface area (Å²) >= 11 is 0. The lowest BCUT2D eigenvalue weighted by Gasteiger charge is -2.31. The minimum absolute atomic E-state index is 0.106.